The third-order valence-electron chi connectivity index (χ3n) is 6.88. The lowest BCUT2D eigenvalue weighted by Crippen LogP contribution is -2.40. The Balaban J connectivity index is 1.56. The maximum Gasteiger partial charge on any atom is 0.312 e. The highest BCUT2D eigenvalue weighted by molar-refractivity contribution is 5.63. The first-order valence-corrected chi connectivity index (χ1v) is 12.6. The van der Waals surface area contributed by atoms with Crippen molar-refractivity contribution in [3.8, 4) is 5.75 Å². The van der Waals surface area contributed by atoms with Gasteiger partial charge in [-0.05, 0) is 56.7 Å². The number of hydrogen-bond donors (Lipinski definition) is 4. The number of nitrogens with zero attached hydrogens (tertiary/aromatic N) is 4. The monoisotopic (exact) mass is 484 g/mol. The molecule has 1 aliphatic carbocycles. The van der Waals surface area contributed by atoms with E-state index >= 15 is 0 Å². The molecule has 1 saturated carbocycles. The van der Waals surface area contributed by atoms with Crippen molar-refractivity contribution in [2.45, 2.75) is 70.4 Å². The Morgan fingerprint density at radius 1 is 1.11 bits per heavy atom. The van der Waals surface area contributed by atoms with Crippen LogP contribution in [-0.2, 0) is 0 Å². The van der Waals surface area contributed by atoms with Crippen LogP contribution in [0.2, 0.25) is 0 Å². The van der Waals surface area contributed by atoms with Gasteiger partial charge in [0.05, 0.1) is 12.0 Å². The normalized spacial score (nSPS) is 19.2. The maximum absolute atomic E-state index is 11.4. The summed E-state index contributed by atoms with van der Waals surface area (Å²) in [5, 5.41) is 25.0. The van der Waals surface area contributed by atoms with Gasteiger partial charge in [-0.1, -0.05) is 26.2 Å². The Hall–Kier alpha value is -3.21. The minimum atomic E-state index is -0.470. The third kappa shape index (κ3) is 6.68. The highest BCUT2D eigenvalue weighted by Gasteiger charge is 2.24. The molecular formula is C24H36N8O3. The van der Waals surface area contributed by atoms with Crippen molar-refractivity contribution >= 4 is 29.2 Å². The number of rotatable bonds is 11. The van der Waals surface area contributed by atoms with Crippen LogP contribution in [0.4, 0.5) is 29.2 Å². The number of nitrogens with one attached hydrogen (secondary N) is 4. The van der Waals surface area contributed by atoms with E-state index < -0.39 is 4.92 Å². The van der Waals surface area contributed by atoms with Gasteiger partial charge in [0.15, 0.2) is 5.75 Å². The van der Waals surface area contributed by atoms with Crippen LogP contribution in [0.25, 0.3) is 0 Å². The van der Waals surface area contributed by atoms with E-state index in [9.17, 15) is 10.1 Å². The largest absolute Gasteiger partial charge is 0.490 e. The smallest absolute Gasteiger partial charge is 0.312 e. The minimum absolute atomic E-state index is 0.126. The summed E-state index contributed by atoms with van der Waals surface area (Å²) in [6.45, 7) is 3.99. The van der Waals surface area contributed by atoms with E-state index in [0.29, 0.717) is 35.5 Å². The highest BCUT2D eigenvalue weighted by atomic mass is 16.6. The quantitative estimate of drug-likeness (QED) is 0.267. The number of aromatic nitrogens is 3. The Bertz CT molecular complexity index is 993. The molecule has 4 rings (SSSR count). The number of nitro groups is 1. The highest BCUT2D eigenvalue weighted by Crippen LogP contribution is 2.31. The van der Waals surface area contributed by atoms with E-state index in [-0.39, 0.29) is 17.5 Å². The van der Waals surface area contributed by atoms with E-state index in [0.717, 1.165) is 32.4 Å². The van der Waals surface area contributed by atoms with Crippen molar-refractivity contribution in [2.75, 3.05) is 36.1 Å². The first-order chi connectivity index (χ1) is 17.1. The predicted molar refractivity (Wildman–Crippen MR) is 137 cm³/mol. The van der Waals surface area contributed by atoms with Crippen LogP contribution in [0.5, 0.6) is 5.75 Å². The standard InChI is InChI=1S/C24H36N8O3/c1-3-18(19-10-7-13-25-19)28-24-30-22(26-15-16-8-5-4-6-9-16)29-23(31-24)27-17-11-12-21(35-2)20(14-17)32(33)34/h11-12,14,16,18-19,25H,3-10,13,15H2,1-2H3,(H3,26,27,28,29,30,31). The average molecular weight is 485 g/mol. The van der Waals surface area contributed by atoms with Crippen LogP contribution in [0.1, 0.15) is 58.3 Å². The molecule has 0 radical (unpaired) electrons. The molecule has 0 spiro atoms. The van der Waals surface area contributed by atoms with Crippen molar-refractivity contribution in [3.05, 3.63) is 28.3 Å². The first-order valence-electron chi connectivity index (χ1n) is 12.6. The lowest BCUT2D eigenvalue weighted by atomic mass is 9.89. The van der Waals surface area contributed by atoms with E-state index in [4.69, 9.17) is 4.74 Å². The fourth-order valence-corrected chi connectivity index (χ4v) is 4.95. The summed E-state index contributed by atoms with van der Waals surface area (Å²) in [5.74, 6) is 2.11. The van der Waals surface area contributed by atoms with Gasteiger partial charge in [0, 0.05) is 30.4 Å². The lowest BCUT2D eigenvalue weighted by Gasteiger charge is -2.24. The van der Waals surface area contributed by atoms with Gasteiger partial charge in [-0.3, -0.25) is 10.1 Å². The molecule has 1 aliphatic heterocycles. The zero-order chi connectivity index (χ0) is 24.6. The van der Waals surface area contributed by atoms with Crippen LogP contribution in [0.3, 0.4) is 0 Å². The molecule has 2 unspecified atom stereocenters. The van der Waals surface area contributed by atoms with Gasteiger partial charge in [-0.25, -0.2) is 0 Å². The second-order valence-corrected chi connectivity index (χ2v) is 9.32. The molecule has 1 aromatic heterocycles. The fraction of sp³-hybridized carbons (Fsp3) is 0.625. The Morgan fingerprint density at radius 3 is 2.57 bits per heavy atom. The van der Waals surface area contributed by atoms with Gasteiger partial charge >= 0.3 is 5.69 Å². The second-order valence-electron chi connectivity index (χ2n) is 9.32. The summed E-state index contributed by atoms with van der Waals surface area (Å²) in [6, 6.07) is 5.25. The Labute approximate surface area is 206 Å². The molecule has 2 fully saturated rings. The number of hydrogen-bond acceptors (Lipinski definition) is 10. The van der Waals surface area contributed by atoms with Gasteiger partial charge < -0.3 is 26.0 Å². The molecule has 2 atom stereocenters. The molecule has 1 saturated heterocycles. The molecule has 190 valence electrons. The van der Waals surface area contributed by atoms with Crippen molar-refractivity contribution in [1.29, 1.82) is 0 Å². The molecule has 2 heterocycles. The van der Waals surface area contributed by atoms with E-state index in [1.807, 2.05) is 0 Å². The van der Waals surface area contributed by atoms with Gasteiger partial charge in [0.2, 0.25) is 17.8 Å². The van der Waals surface area contributed by atoms with Crippen molar-refractivity contribution in [3.63, 3.8) is 0 Å². The molecule has 35 heavy (non-hydrogen) atoms. The SMILES string of the molecule is CCC(Nc1nc(NCC2CCCCC2)nc(Nc2ccc(OC)c([N+](=O)[O-])c2)n1)C1CCCN1. The van der Waals surface area contributed by atoms with Crippen molar-refractivity contribution in [2.24, 2.45) is 5.92 Å². The van der Waals surface area contributed by atoms with E-state index in [1.54, 1.807) is 12.1 Å². The Morgan fingerprint density at radius 2 is 1.89 bits per heavy atom. The van der Waals surface area contributed by atoms with Crippen LogP contribution in [0, 0.1) is 16.0 Å². The first kappa shape index (κ1) is 24.9. The fourth-order valence-electron chi connectivity index (χ4n) is 4.95. The number of benzene rings is 1. The van der Waals surface area contributed by atoms with Gasteiger partial charge in [0.25, 0.3) is 0 Å². The number of anilines is 4. The van der Waals surface area contributed by atoms with Crippen LogP contribution in [0.15, 0.2) is 18.2 Å². The summed E-state index contributed by atoms with van der Waals surface area (Å²) in [6.07, 6.45) is 9.50. The van der Waals surface area contributed by atoms with Gasteiger partial charge in [-0.2, -0.15) is 15.0 Å². The maximum atomic E-state index is 11.4. The van der Waals surface area contributed by atoms with Crippen LogP contribution in [-0.4, -0.2) is 52.2 Å². The van der Waals surface area contributed by atoms with Gasteiger partial charge in [0.1, 0.15) is 0 Å². The molecule has 2 aliphatic rings. The zero-order valence-corrected chi connectivity index (χ0v) is 20.5. The van der Waals surface area contributed by atoms with E-state index in [1.165, 1.54) is 45.3 Å². The Kier molecular flexibility index (Phi) is 8.51. The minimum Gasteiger partial charge on any atom is -0.490 e. The number of ether oxygens (including phenoxy) is 1. The van der Waals surface area contributed by atoms with E-state index in [2.05, 4.69) is 43.1 Å². The summed E-state index contributed by atoms with van der Waals surface area (Å²) in [5.41, 5.74) is 0.372. The second kappa shape index (κ2) is 12.0. The molecule has 4 N–H and O–H groups in total. The zero-order valence-electron chi connectivity index (χ0n) is 20.5. The molecule has 1 aromatic carbocycles. The molecule has 0 bridgehead atoms. The summed E-state index contributed by atoms with van der Waals surface area (Å²) in [4.78, 5) is 24.8. The molecule has 0 amide bonds. The number of nitro benzene ring substituents is 1. The molecule has 11 nitrogen and oxygen atoms in total. The van der Waals surface area contributed by atoms with Crippen molar-refractivity contribution < 1.29 is 9.66 Å². The lowest BCUT2D eigenvalue weighted by molar-refractivity contribution is -0.385. The summed E-state index contributed by atoms with van der Waals surface area (Å²) in [7, 11) is 1.41. The van der Waals surface area contributed by atoms with Crippen LogP contribution < -0.4 is 26.0 Å². The summed E-state index contributed by atoms with van der Waals surface area (Å²) < 4.78 is 5.11. The predicted octanol–water partition coefficient (Wildman–Crippen LogP) is 4.47. The van der Waals surface area contributed by atoms with Crippen LogP contribution >= 0.6 is 0 Å². The average Bonchev–Trinajstić information content (AvgIpc) is 3.41. The molecule has 2 aromatic rings. The number of methoxy groups -OCH3 is 1. The third-order valence-corrected chi connectivity index (χ3v) is 6.88. The van der Waals surface area contributed by atoms with Crippen molar-refractivity contribution in [1.82, 2.24) is 20.3 Å². The molecular weight excluding hydrogens is 448 g/mol. The summed E-state index contributed by atoms with van der Waals surface area (Å²) >= 11 is 0. The molecule has 11 heteroatoms. The van der Waals surface area contributed by atoms with Gasteiger partial charge in [-0.15, -0.1) is 0 Å². The topological polar surface area (TPSA) is 139 Å².